The second-order valence-electron chi connectivity index (χ2n) is 7.38. The lowest BCUT2D eigenvalue weighted by Gasteiger charge is -2.26. The number of amides is 1. The quantitative estimate of drug-likeness (QED) is 0.557. The van der Waals surface area contributed by atoms with E-state index in [1.807, 2.05) is 36.4 Å². The molecule has 1 N–H and O–H groups in total. The van der Waals surface area contributed by atoms with Gasteiger partial charge in [-0.1, -0.05) is 54.2 Å². The lowest BCUT2D eigenvalue weighted by molar-refractivity contribution is -0.132. The number of carbonyl (C=O) groups is 2. The molecule has 0 spiro atoms. The molecule has 33 heavy (non-hydrogen) atoms. The summed E-state index contributed by atoms with van der Waals surface area (Å²) in [5.74, 6) is -0.872. The van der Waals surface area contributed by atoms with E-state index in [1.54, 1.807) is 17.0 Å². The van der Waals surface area contributed by atoms with Crippen LogP contribution in [0.5, 0.6) is 0 Å². The number of carbonyl (C=O) groups excluding carboxylic acids is 1. The zero-order valence-electron chi connectivity index (χ0n) is 17.7. The van der Waals surface area contributed by atoms with E-state index in [9.17, 15) is 20.0 Å². The Bertz CT molecular complexity index is 1200. The van der Waals surface area contributed by atoms with Gasteiger partial charge in [0.2, 0.25) is 5.91 Å². The summed E-state index contributed by atoms with van der Waals surface area (Å²) in [7, 11) is 0. The molecule has 1 aliphatic rings. The van der Waals surface area contributed by atoms with Crippen molar-refractivity contribution in [2.75, 3.05) is 32.1 Å². The molecule has 4 rings (SSSR count). The normalized spacial score (nSPS) is 13.4. The number of carboxylic acids is 1. The first-order valence-corrected chi connectivity index (χ1v) is 11.4. The molecule has 166 valence electrons. The molecule has 7 nitrogen and oxygen atoms in total. The van der Waals surface area contributed by atoms with Crippen molar-refractivity contribution in [2.24, 2.45) is 0 Å². The summed E-state index contributed by atoms with van der Waals surface area (Å²) in [6, 6.07) is 20.0. The molecule has 1 aromatic heterocycles. The fourth-order valence-electron chi connectivity index (χ4n) is 3.55. The van der Waals surface area contributed by atoms with Gasteiger partial charge in [0.15, 0.2) is 0 Å². The predicted octanol–water partition coefficient (Wildman–Crippen LogP) is 3.94. The maximum atomic E-state index is 12.7. The van der Waals surface area contributed by atoms with Crippen molar-refractivity contribution < 1.29 is 19.4 Å². The number of nitrogens with zero attached hydrogens (tertiary/aromatic N) is 3. The molecule has 1 saturated heterocycles. The molecule has 1 fully saturated rings. The minimum atomic E-state index is -1.01. The highest BCUT2D eigenvalue weighted by molar-refractivity contribution is 8.00. The maximum absolute atomic E-state index is 12.7. The van der Waals surface area contributed by atoms with Gasteiger partial charge in [0.25, 0.3) is 0 Å². The van der Waals surface area contributed by atoms with Gasteiger partial charge >= 0.3 is 5.97 Å². The standard InChI is InChI=1S/C25H21N3O4S/c26-15-21-20(17-6-8-19(9-7-17)25(30)31)14-22(18-4-2-1-3-5-18)27-24(21)33-16-23(29)28-10-12-32-13-11-28/h1-9,14H,10-13,16H2,(H,30,31). The van der Waals surface area contributed by atoms with E-state index in [4.69, 9.17) is 9.72 Å². The number of nitriles is 1. The Morgan fingerprint density at radius 1 is 1.06 bits per heavy atom. The molecule has 0 radical (unpaired) electrons. The molecule has 0 bridgehead atoms. The zero-order chi connectivity index (χ0) is 23.2. The highest BCUT2D eigenvalue weighted by Crippen LogP contribution is 2.34. The van der Waals surface area contributed by atoms with Crippen LogP contribution < -0.4 is 0 Å². The molecule has 2 aromatic carbocycles. The molecule has 8 heteroatoms. The Hall–Kier alpha value is -3.67. The van der Waals surface area contributed by atoms with Crippen LogP contribution in [0.4, 0.5) is 0 Å². The number of pyridine rings is 1. The van der Waals surface area contributed by atoms with E-state index in [2.05, 4.69) is 6.07 Å². The van der Waals surface area contributed by atoms with E-state index in [0.29, 0.717) is 53.7 Å². The van der Waals surface area contributed by atoms with Crippen LogP contribution in [0.1, 0.15) is 15.9 Å². The second kappa shape index (κ2) is 10.3. The van der Waals surface area contributed by atoms with Crippen LogP contribution in [-0.4, -0.2) is 58.9 Å². The van der Waals surface area contributed by atoms with Crippen molar-refractivity contribution in [3.8, 4) is 28.5 Å². The summed E-state index contributed by atoms with van der Waals surface area (Å²) in [5.41, 5.74) is 3.43. The molecular formula is C25H21N3O4S. The summed E-state index contributed by atoms with van der Waals surface area (Å²) in [4.78, 5) is 30.4. The first kappa shape index (κ1) is 22.5. The molecule has 1 amide bonds. The minimum absolute atomic E-state index is 0.0218. The highest BCUT2D eigenvalue weighted by atomic mass is 32.2. The van der Waals surface area contributed by atoms with Gasteiger partial charge in [-0.05, 0) is 23.8 Å². The third-order valence-corrected chi connectivity index (χ3v) is 6.27. The second-order valence-corrected chi connectivity index (χ2v) is 8.34. The summed E-state index contributed by atoms with van der Waals surface area (Å²) < 4.78 is 5.31. The monoisotopic (exact) mass is 459 g/mol. The number of carboxylic acid groups (broad SMARTS) is 1. The summed E-state index contributed by atoms with van der Waals surface area (Å²) in [6.45, 7) is 2.17. The first-order valence-electron chi connectivity index (χ1n) is 10.4. The van der Waals surface area contributed by atoms with Crippen LogP contribution in [0, 0.1) is 11.3 Å². The molecule has 0 atom stereocenters. The lowest BCUT2D eigenvalue weighted by atomic mass is 9.98. The SMILES string of the molecule is N#Cc1c(-c2ccc(C(=O)O)cc2)cc(-c2ccccc2)nc1SCC(=O)N1CCOCC1. The smallest absolute Gasteiger partial charge is 0.335 e. The van der Waals surface area contributed by atoms with Crippen LogP contribution in [0.25, 0.3) is 22.4 Å². The summed E-state index contributed by atoms with van der Waals surface area (Å²) >= 11 is 1.24. The Morgan fingerprint density at radius 3 is 2.39 bits per heavy atom. The topological polar surface area (TPSA) is 104 Å². The number of thioether (sulfide) groups is 1. The highest BCUT2D eigenvalue weighted by Gasteiger charge is 2.20. The Labute approximate surface area is 195 Å². The first-order chi connectivity index (χ1) is 16.1. The van der Waals surface area contributed by atoms with Crippen molar-refractivity contribution in [3.63, 3.8) is 0 Å². The van der Waals surface area contributed by atoms with Crippen molar-refractivity contribution in [1.29, 1.82) is 5.26 Å². The van der Waals surface area contributed by atoms with Gasteiger partial charge in [0, 0.05) is 24.2 Å². The number of aromatic nitrogens is 1. The van der Waals surface area contributed by atoms with Gasteiger partial charge in [-0.3, -0.25) is 4.79 Å². The van der Waals surface area contributed by atoms with E-state index in [-0.39, 0.29) is 17.2 Å². The number of morpholine rings is 1. The molecule has 2 heterocycles. The lowest BCUT2D eigenvalue weighted by Crippen LogP contribution is -2.41. The number of ether oxygens (including phenoxy) is 1. The minimum Gasteiger partial charge on any atom is -0.478 e. The molecule has 3 aromatic rings. The fraction of sp³-hybridized carbons (Fsp3) is 0.200. The Balaban J connectivity index is 1.72. The van der Waals surface area contributed by atoms with Gasteiger partial charge < -0.3 is 14.7 Å². The molecule has 1 aliphatic heterocycles. The van der Waals surface area contributed by atoms with Crippen molar-refractivity contribution >= 4 is 23.6 Å². The van der Waals surface area contributed by atoms with Gasteiger partial charge in [0.05, 0.1) is 35.8 Å². The van der Waals surface area contributed by atoms with E-state index >= 15 is 0 Å². The van der Waals surface area contributed by atoms with Crippen LogP contribution in [0.2, 0.25) is 0 Å². The van der Waals surface area contributed by atoms with E-state index < -0.39 is 5.97 Å². The van der Waals surface area contributed by atoms with Crippen molar-refractivity contribution in [3.05, 3.63) is 71.8 Å². The number of aromatic carboxylic acids is 1. The summed E-state index contributed by atoms with van der Waals surface area (Å²) in [5, 5.41) is 19.6. The van der Waals surface area contributed by atoms with Crippen LogP contribution in [0.15, 0.2) is 65.7 Å². The van der Waals surface area contributed by atoms with Gasteiger partial charge in [-0.15, -0.1) is 0 Å². The number of benzene rings is 2. The maximum Gasteiger partial charge on any atom is 0.335 e. The zero-order valence-corrected chi connectivity index (χ0v) is 18.5. The van der Waals surface area contributed by atoms with Gasteiger partial charge in [-0.25, -0.2) is 9.78 Å². The van der Waals surface area contributed by atoms with E-state index in [0.717, 1.165) is 5.56 Å². The summed E-state index contributed by atoms with van der Waals surface area (Å²) in [6.07, 6.45) is 0. The predicted molar refractivity (Wildman–Crippen MR) is 125 cm³/mol. The average molecular weight is 460 g/mol. The Kier molecular flexibility index (Phi) is 7.03. The molecule has 0 unspecified atom stereocenters. The largest absolute Gasteiger partial charge is 0.478 e. The molecule has 0 saturated carbocycles. The number of hydrogen-bond acceptors (Lipinski definition) is 6. The third kappa shape index (κ3) is 5.22. The average Bonchev–Trinajstić information content (AvgIpc) is 2.87. The number of rotatable bonds is 6. The fourth-order valence-corrected chi connectivity index (χ4v) is 4.45. The third-order valence-electron chi connectivity index (χ3n) is 5.31. The van der Waals surface area contributed by atoms with Crippen molar-refractivity contribution in [1.82, 2.24) is 9.88 Å². The molecular weight excluding hydrogens is 438 g/mol. The van der Waals surface area contributed by atoms with Gasteiger partial charge in [-0.2, -0.15) is 5.26 Å². The Morgan fingerprint density at radius 2 is 1.76 bits per heavy atom. The van der Waals surface area contributed by atoms with Crippen LogP contribution >= 0.6 is 11.8 Å². The van der Waals surface area contributed by atoms with E-state index in [1.165, 1.54) is 23.9 Å². The van der Waals surface area contributed by atoms with Crippen LogP contribution in [-0.2, 0) is 9.53 Å². The van der Waals surface area contributed by atoms with Crippen LogP contribution in [0.3, 0.4) is 0 Å². The molecule has 0 aliphatic carbocycles. The van der Waals surface area contributed by atoms with Gasteiger partial charge in [0.1, 0.15) is 11.1 Å². The number of hydrogen-bond donors (Lipinski definition) is 1. The van der Waals surface area contributed by atoms with Crippen molar-refractivity contribution in [2.45, 2.75) is 5.03 Å².